The number of carbonyl (C=O) groups is 3. The fraction of sp³-hybridized carbons (Fsp3) is 0.483. The van der Waals surface area contributed by atoms with Crippen LogP contribution in [0.2, 0.25) is 0 Å². The van der Waals surface area contributed by atoms with Gasteiger partial charge in [-0.15, -0.1) is 0 Å². The van der Waals surface area contributed by atoms with E-state index < -0.39 is 17.8 Å². The molecule has 2 saturated heterocycles. The van der Waals surface area contributed by atoms with Crippen molar-refractivity contribution in [3.05, 3.63) is 53.3 Å². The molecule has 8 rings (SSSR count). The molecule has 4 saturated carbocycles. The molecule has 0 spiro atoms. The molecule has 8 heteroatoms. The fourth-order valence-corrected chi connectivity index (χ4v) is 7.72. The number of morpholine rings is 1. The zero-order chi connectivity index (χ0) is 25.1. The second-order valence-electron chi connectivity index (χ2n) is 11.3. The van der Waals surface area contributed by atoms with E-state index in [1.165, 1.54) is 43.7 Å². The largest absolute Gasteiger partial charge is 0.441 e. The van der Waals surface area contributed by atoms with E-state index in [2.05, 4.69) is 22.3 Å². The molecule has 4 bridgehead atoms. The van der Waals surface area contributed by atoms with E-state index in [1.54, 1.807) is 6.07 Å². The van der Waals surface area contributed by atoms with Gasteiger partial charge in [-0.1, -0.05) is 12.1 Å². The first-order valence-electron chi connectivity index (χ1n) is 13.5. The van der Waals surface area contributed by atoms with Crippen molar-refractivity contribution in [3.63, 3.8) is 0 Å². The van der Waals surface area contributed by atoms with Crippen LogP contribution in [0.25, 0.3) is 6.08 Å². The van der Waals surface area contributed by atoms with Gasteiger partial charge in [0, 0.05) is 19.2 Å². The van der Waals surface area contributed by atoms with Crippen LogP contribution in [0.15, 0.2) is 46.4 Å². The molecule has 6 aliphatic rings. The molecule has 2 aromatic rings. The molecule has 4 aliphatic carbocycles. The Kier molecular flexibility index (Phi) is 5.46. The number of hydrogen-bond donors (Lipinski definition) is 1. The van der Waals surface area contributed by atoms with Crippen molar-refractivity contribution in [2.24, 2.45) is 23.7 Å². The van der Waals surface area contributed by atoms with Crippen LogP contribution in [-0.4, -0.2) is 44.1 Å². The summed E-state index contributed by atoms with van der Waals surface area (Å²) in [7, 11) is 0. The van der Waals surface area contributed by atoms with E-state index in [0.717, 1.165) is 28.6 Å². The normalized spacial score (nSPS) is 32.4. The van der Waals surface area contributed by atoms with Crippen molar-refractivity contribution in [1.82, 2.24) is 5.32 Å². The highest BCUT2D eigenvalue weighted by Crippen LogP contribution is 2.59. The molecule has 37 heavy (non-hydrogen) atoms. The molecule has 192 valence electrons. The third-order valence-corrected chi connectivity index (χ3v) is 9.09. The quantitative estimate of drug-likeness (QED) is 0.496. The maximum absolute atomic E-state index is 13.4. The molecule has 1 N–H and O–H groups in total. The van der Waals surface area contributed by atoms with Crippen molar-refractivity contribution in [2.75, 3.05) is 36.1 Å². The van der Waals surface area contributed by atoms with Crippen molar-refractivity contribution in [1.29, 1.82) is 0 Å². The Hall–Kier alpha value is -3.39. The molecule has 2 aliphatic heterocycles. The third-order valence-electron chi connectivity index (χ3n) is 9.09. The van der Waals surface area contributed by atoms with Gasteiger partial charge in [-0.05, 0) is 91.5 Å². The van der Waals surface area contributed by atoms with Gasteiger partial charge in [-0.2, -0.15) is 0 Å². The second-order valence-corrected chi connectivity index (χ2v) is 11.3. The highest BCUT2D eigenvalue weighted by atomic mass is 16.5. The van der Waals surface area contributed by atoms with Crippen LogP contribution in [0.1, 0.15) is 49.3 Å². The number of barbiturate groups is 1. The topological polar surface area (TPSA) is 92.1 Å². The van der Waals surface area contributed by atoms with E-state index >= 15 is 0 Å². The van der Waals surface area contributed by atoms with Gasteiger partial charge in [0.15, 0.2) is 5.88 Å². The minimum absolute atomic E-state index is 0.132. The van der Waals surface area contributed by atoms with Gasteiger partial charge in [0.2, 0.25) is 0 Å². The number of furan rings is 1. The van der Waals surface area contributed by atoms with Crippen LogP contribution in [0.4, 0.5) is 16.4 Å². The first kappa shape index (κ1) is 22.8. The van der Waals surface area contributed by atoms with Crippen LogP contribution < -0.4 is 15.1 Å². The Morgan fingerprint density at radius 2 is 1.51 bits per heavy atom. The number of ether oxygens (including phenoxy) is 1. The third kappa shape index (κ3) is 3.98. The highest BCUT2D eigenvalue weighted by Gasteiger charge is 2.48. The van der Waals surface area contributed by atoms with Crippen LogP contribution >= 0.6 is 0 Å². The van der Waals surface area contributed by atoms with Gasteiger partial charge in [-0.25, -0.2) is 9.69 Å². The van der Waals surface area contributed by atoms with E-state index in [1.807, 2.05) is 18.2 Å². The van der Waals surface area contributed by atoms with Crippen molar-refractivity contribution in [2.45, 2.75) is 38.0 Å². The molecular formula is C29H31N3O5. The molecule has 4 amide bonds. The smallest absolute Gasteiger partial charge is 0.335 e. The Morgan fingerprint density at radius 3 is 2.19 bits per heavy atom. The summed E-state index contributed by atoms with van der Waals surface area (Å²) in [5.41, 5.74) is 1.63. The maximum Gasteiger partial charge on any atom is 0.335 e. The summed E-state index contributed by atoms with van der Waals surface area (Å²) >= 11 is 0. The number of urea groups is 1. The summed E-state index contributed by atoms with van der Waals surface area (Å²) < 4.78 is 11.3. The lowest BCUT2D eigenvalue weighted by atomic mass is 9.51. The molecule has 1 aromatic heterocycles. The molecule has 0 atom stereocenters. The molecular weight excluding hydrogens is 470 g/mol. The number of anilines is 2. The lowest BCUT2D eigenvalue weighted by Gasteiger charge is -2.54. The zero-order valence-electron chi connectivity index (χ0n) is 20.7. The number of nitrogens with zero attached hydrogens (tertiary/aromatic N) is 2. The molecule has 3 heterocycles. The van der Waals surface area contributed by atoms with Crippen LogP contribution in [0, 0.1) is 23.7 Å². The standard InChI is InChI=1S/C29H31N3O5/c33-27-24(16-23-5-6-25(37-23)31-7-9-36-10-8-31)28(34)32(29(35)30-27)22-3-1-19(2-4-22)26-20-12-17-11-18(14-20)15-21(26)13-17/h1-6,16-18,20-21,26H,7-15H2,(H,30,33,35)/b24-16-. The number of hydrogen-bond acceptors (Lipinski definition) is 6. The predicted molar refractivity (Wildman–Crippen MR) is 137 cm³/mol. The summed E-state index contributed by atoms with van der Waals surface area (Å²) in [4.78, 5) is 41.8. The zero-order valence-corrected chi connectivity index (χ0v) is 20.7. The van der Waals surface area contributed by atoms with Crippen molar-refractivity contribution in [3.8, 4) is 0 Å². The molecule has 8 nitrogen and oxygen atoms in total. The van der Waals surface area contributed by atoms with Gasteiger partial charge < -0.3 is 14.1 Å². The second kappa shape index (κ2) is 8.87. The summed E-state index contributed by atoms with van der Waals surface area (Å²) in [6.45, 7) is 2.67. The number of rotatable bonds is 4. The Bertz CT molecular complexity index is 1240. The van der Waals surface area contributed by atoms with Gasteiger partial charge in [0.05, 0.1) is 18.9 Å². The Morgan fingerprint density at radius 1 is 0.838 bits per heavy atom. The number of benzene rings is 1. The lowest BCUT2D eigenvalue weighted by Crippen LogP contribution is -2.54. The minimum Gasteiger partial charge on any atom is -0.441 e. The van der Waals surface area contributed by atoms with Gasteiger partial charge in [0.1, 0.15) is 11.3 Å². The SMILES string of the molecule is O=C1NC(=O)N(c2ccc(C3C4CC5CC(C4)CC3C5)cc2)C(=O)/C1=C\c1ccc(N2CCOCC2)o1. The van der Waals surface area contributed by atoms with Gasteiger partial charge in [-0.3, -0.25) is 14.9 Å². The van der Waals surface area contributed by atoms with Crippen molar-refractivity contribution < 1.29 is 23.5 Å². The lowest BCUT2D eigenvalue weighted by molar-refractivity contribution is -0.122. The minimum atomic E-state index is -0.733. The first-order valence-corrected chi connectivity index (χ1v) is 13.5. The Labute approximate surface area is 215 Å². The van der Waals surface area contributed by atoms with Crippen LogP contribution in [0.5, 0.6) is 0 Å². The van der Waals surface area contributed by atoms with Gasteiger partial charge >= 0.3 is 6.03 Å². The maximum atomic E-state index is 13.4. The number of amides is 4. The number of nitrogens with one attached hydrogen (secondary N) is 1. The predicted octanol–water partition coefficient (Wildman–Crippen LogP) is 4.32. The van der Waals surface area contributed by atoms with Crippen LogP contribution in [0.3, 0.4) is 0 Å². The monoisotopic (exact) mass is 501 g/mol. The van der Waals surface area contributed by atoms with E-state index in [0.29, 0.717) is 49.6 Å². The summed E-state index contributed by atoms with van der Waals surface area (Å²) in [6.07, 6.45) is 8.17. The molecule has 1 aromatic carbocycles. The number of imide groups is 2. The Balaban J connectivity index is 1.12. The van der Waals surface area contributed by atoms with Gasteiger partial charge in [0.25, 0.3) is 11.8 Å². The molecule has 0 radical (unpaired) electrons. The summed E-state index contributed by atoms with van der Waals surface area (Å²) in [6, 6.07) is 10.6. The summed E-state index contributed by atoms with van der Waals surface area (Å²) in [5, 5.41) is 2.31. The average molecular weight is 502 g/mol. The highest BCUT2D eigenvalue weighted by molar-refractivity contribution is 6.39. The fourth-order valence-electron chi connectivity index (χ4n) is 7.72. The van der Waals surface area contributed by atoms with Crippen molar-refractivity contribution >= 4 is 35.5 Å². The average Bonchev–Trinajstić information content (AvgIpc) is 3.36. The van der Waals surface area contributed by atoms with Crippen LogP contribution in [-0.2, 0) is 14.3 Å². The first-order chi connectivity index (χ1) is 18.0. The van der Waals surface area contributed by atoms with E-state index in [-0.39, 0.29) is 5.57 Å². The molecule has 6 fully saturated rings. The number of carbonyl (C=O) groups excluding carboxylic acids is 3. The molecule has 0 unspecified atom stereocenters. The van der Waals surface area contributed by atoms with E-state index in [4.69, 9.17) is 9.15 Å². The van der Waals surface area contributed by atoms with E-state index in [9.17, 15) is 14.4 Å². The summed E-state index contributed by atoms with van der Waals surface area (Å²) in [5.74, 6) is 3.57.